The molecule has 1 amide bonds. The van der Waals surface area contributed by atoms with E-state index in [0.717, 1.165) is 17.1 Å². The highest BCUT2D eigenvalue weighted by Gasteiger charge is 2.43. The first-order valence-corrected chi connectivity index (χ1v) is 13.0. The summed E-state index contributed by atoms with van der Waals surface area (Å²) in [6.45, 7) is 6.93. The number of carbonyl (C=O) groups excluding carboxylic acids is 1. The van der Waals surface area contributed by atoms with Crippen LogP contribution in [0.4, 0.5) is 4.39 Å². The van der Waals surface area contributed by atoms with E-state index in [4.69, 9.17) is 11.6 Å². The molecule has 0 bridgehead atoms. The second kappa shape index (κ2) is 9.59. The Morgan fingerprint density at radius 3 is 2.41 bits per heavy atom. The summed E-state index contributed by atoms with van der Waals surface area (Å²) < 4.78 is 40.4. The van der Waals surface area contributed by atoms with Crippen LogP contribution >= 0.6 is 22.9 Å². The Bertz CT molecular complexity index is 1320. The molecule has 0 aliphatic carbocycles. The van der Waals surface area contributed by atoms with Crippen LogP contribution < -0.4 is 5.32 Å². The van der Waals surface area contributed by atoms with Gasteiger partial charge in [-0.25, -0.2) is 12.8 Å². The molecule has 0 radical (unpaired) electrons. The smallest absolute Gasteiger partial charge is 0.255 e. The lowest BCUT2D eigenvalue weighted by atomic mass is 9.98. The highest BCUT2D eigenvalue weighted by atomic mass is 35.5. The zero-order valence-corrected chi connectivity index (χ0v) is 21.5. The molecule has 3 rings (SSSR count). The van der Waals surface area contributed by atoms with Gasteiger partial charge in [-0.1, -0.05) is 44.5 Å². The van der Waals surface area contributed by atoms with Gasteiger partial charge in [0.1, 0.15) is 26.5 Å². The van der Waals surface area contributed by atoms with E-state index in [2.05, 4.69) is 15.5 Å². The summed E-state index contributed by atoms with van der Waals surface area (Å²) in [6, 6.07) is 9.23. The Morgan fingerprint density at radius 1 is 1.15 bits per heavy atom. The van der Waals surface area contributed by atoms with Gasteiger partial charge in [0.25, 0.3) is 5.91 Å². The first-order valence-electron chi connectivity index (χ1n) is 10.3. The molecule has 2 N–H and O–H groups in total. The number of halogens is 2. The van der Waals surface area contributed by atoms with Crippen molar-refractivity contribution in [1.82, 2.24) is 15.5 Å². The van der Waals surface area contributed by atoms with Crippen LogP contribution in [0.25, 0.3) is 0 Å². The van der Waals surface area contributed by atoms with Gasteiger partial charge in [0.15, 0.2) is 9.84 Å². The molecule has 0 aliphatic rings. The fourth-order valence-electron chi connectivity index (χ4n) is 3.19. The summed E-state index contributed by atoms with van der Waals surface area (Å²) >= 11 is 7.07. The number of amides is 1. The Hall–Kier alpha value is -2.56. The standard InChI is InChI=1S/C23H25ClFN3O4S2/c1-22(2,3)21-28-27-19(33-21)12-23(4,13-26-20(30)15-7-5-6-8-17(15)29)34(31,32)18-10-9-14(24)11-16(18)25/h5-11,29H,12-13H2,1-4H3,(H,26,30). The number of benzene rings is 2. The van der Waals surface area contributed by atoms with Crippen LogP contribution in [-0.4, -0.2) is 40.9 Å². The van der Waals surface area contributed by atoms with E-state index in [-0.39, 0.29) is 34.7 Å². The Kier molecular flexibility index (Phi) is 7.35. The van der Waals surface area contributed by atoms with Gasteiger partial charge in [0, 0.05) is 23.4 Å². The summed E-state index contributed by atoms with van der Waals surface area (Å²) in [5, 5.41) is 22.1. The lowest BCUT2D eigenvalue weighted by molar-refractivity contribution is 0.0947. The maximum absolute atomic E-state index is 14.7. The number of para-hydroxylation sites is 1. The zero-order chi connectivity index (χ0) is 25.3. The maximum atomic E-state index is 14.7. The molecule has 1 atom stereocenters. The molecule has 1 unspecified atom stereocenters. The van der Waals surface area contributed by atoms with Crippen molar-refractivity contribution in [3.63, 3.8) is 0 Å². The zero-order valence-electron chi connectivity index (χ0n) is 19.1. The van der Waals surface area contributed by atoms with Gasteiger partial charge in [0.2, 0.25) is 0 Å². The molecule has 2 aromatic carbocycles. The molecule has 34 heavy (non-hydrogen) atoms. The number of nitrogens with zero attached hydrogens (tertiary/aromatic N) is 2. The third-order valence-electron chi connectivity index (χ3n) is 5.24. The average Bonchev–Trinajstić information content (AvgIpc) is 3.21. The minimum atomic E-state index is -4.33. The molecule has 3 aromatic rings. The Morgan fingerprint density at radius 2 is 1.82 bits per heavy atom. The summed E-state index contributed by atoms with van der Waals surface area (Å²) in [4.78, 5) is 12.2. The number of phenols is 1. The number of aromatic hydroxyl groups is 1. The van der Waals surface area contributed by atoms with Crippen molar-refractivity contribution in [2.24, 2.45) is 0 Å². The van der Waals surface area contributed by atoms with Crippen LogP contribution in [0.3, 0.4) is 0 Å². The van der Waals surface area contributed by atoms with Crippen molar-refractivity contribution >= 4 is 38.7 Å². The van der Waals surface area contributed by atoms with Gasteiger partial charge >= 0.3 is 0 Å². The molecule has 0 spiro atoms. The van der Waals surface area contributed by atoms with Crippen molar-refractivity contribution in [1.29, 1.82) is 0 Å². The third kappa shape index (κ3) is 5.39. The van der Waals surface area contributed by atoms with E-state index >= 15 is 0 Å². The van der Waals surface area contributed by atoms with Crippen LogP contribution in [0, 0.1) is 5.82 Å². The molecule has 7 nitrogen and oxygen atoms in total. The number of carbonyl (C=O) groups is 1. The normalized spacial score (nSPS) is 13.9. The molecular formula is C23H25ClFN3O4S2. The number of hydrogen-bond donors (Lipinski definition) is 2. The van der Waals surface area contributed by atoms with Crippen molar-refractivity contribution in [2.45, 2.75) is 49.2 Å². The van der Waals surface area contributed by atoms with Crippen LogP contribution in [0.2, 0.25) is 5.02 Å². The second-order valence-electron chi connectivity index (χ2n) is 9.16. The number of hydrogen-bond acceptors (Lipinski definition) is 7. The Balaban J connectivity index is 2.00. The highest BCUT2D eigenvalue weighted by molar-refractivity contribution is 7.92. The fourth-order valence-corrected chi connectivity index (χ4v) is 6.20. The first-order chi connectivity index (χ1) is 15.7. The highest BCUT2D eigenvalue weighted by Crippen LogP contribution is 2.34. The van der Waals surface area contributed by atoms with Crippen LogP contribution in [-0.2, 0) is 21.7 Å². The van der Waals surface area contributed by atoms with E-state index < -0.39 is 31.2 Å². The van der Waals surface area contributed by atoms with Crippen molar-refractivity contribution < 1.29 is 22.7 Å². The van der Waals surface area contributed by atoms with Crippen molar-refractivity contribution in [2.75, 3.05) is 6.54 Å². The van der Waals surface area contributed by atoms with E-state index in [1.54, 1.807) is 12.1 Å². The van der Waals surface area contributed by atoms with Crippen molar-refractivity contribution in [3.8, 4) is 5.75 Å². The molecule has 1 aromatic heterocycles. The predicted molar refractivity (Wildman–Crippen MR) is 130 cm³/mol. The van der Waals surface area contributed by atoms with Crippen LogP contribution in [0.5, 0.6) is 5.75 Å². The fraction of sp³-hybridized carbons (Fsp3) is 0.348. The number of phenolic OH excluding ortho intramolecular Hbond substituents is 1. The number of sulfone groups is 1. The topological polar surface area (TPSA) is 109 Å². The van der Waals surface area contributed by atoms with Crippen LogP contribution in [0.1, 0.15) is 48.1 Å². The molecule has 1 heterocycles. The minimum absolute atomic E-state index is 0.00847. The predicted octanol–water partition coefficient (Wildman–Crippen LogP) is 4.54. The van der Waals surface area contributed by atoms with E-state index in [1.165, 1.54) is 36.5 Å². The van der Waals surface area contributed by atoms with Gasteiger partial charge in [-0.05, 0) is 37.3 Å². The van der Waals surface area contributed by atoms with E-state index in [9.17, 15) is 22.7 Å². The summed E-state index contributed by atoms with van der Waals surface area (Å²) in [7, 11) is -4.33. The second-order valence-corrected chi connectivity index (χ2v) is 13.1. The molecule has 0 saturated heterocycles. The molecule has 0 aliphatic heterocycles. The quantitative estimate of drug-likeness (QED) is 0.468. The maximum Gasteiger partial charge on any atom is 0.255 e. The molecule has 11 heteroatoms. The molecule has 182 valence electrons. The molecule has 0 fully saturated rings. The van der Waals surface area contributed by atoms with E-state index in [1.807, 2.05) is 20.8 Å². The van der Waals surface area contributed by atoms with Crippen LogP contribution in [0.15, 0.2) is 47.4 Å². The van der Waals surface area contributed by atoms with Gasteiger partial charge in [-0.15, -0.1) is 21.5 Å². The molecular weight excluding hydrogens is 501 g/mol. The largest absolute Gasteiger partial charge is 0.507 e. The average molecular weight is 526 g/mol. The monoisotopic (exact) mass is 525 g/mol. The van der Waals surface area contributed by atoms with Gasteiger partial charge in [-0.2, -0.15) is 0 Å². The molecule has 0 saturated carbocycles. The summed E-state index contributed by atoms with van der Waals surface area (Å²) in [5.74, 6) is -1.89. The van der Waals surface area contributed by atoms with Gasteiger partial charge in [0.05, 0.1) is 10.3 Å². The number of rotatable bonds is 7. The lowest BCUT2D eigenvalue weighted by Gasteiger charge is -2.29. The minimum Gasteiger partial charge on any atom is -0.507 e. The van der Waals surface area contributed by atoms with Gasteiger partial charge < -0.3 is 10.4 Å². The number of nitrogens with one attached hydrogen (secondary N) is 1. The summed E-state index contributed by atoms with van der Waals surface area (Å²) in [5.41, 5.74) is -0.294. The first kappa shape index (κ1) is 26.1. The SMILES string of the molecule is CC(C)(C)c1nnc(CC(C)(CNC(=O)c2ccccc2O)S(=O)(=O)c2ccc(Cl)cc2F)s1. The Labute approximate surface area is 206 Å². The van der Waals surface area contributed by atoms with E-state index in [0.29, 0.717) is 5.01 Å². The van der Waals surface area contributed by atoms with Crippen molar-refractivity contribution in [3.05, 3.63) is 68.9 Å². The van der Waals surface area contributed by atoms with Gasteiger partial charge in [-0.3, -0.25) is 4.79 Å². The summed E-state index contributed by atoms with van der Waals surface area (Å²) in [6.07, 6.45) is -0.119. The number of aromatic nitrogens is 2. The third-order valence-corrected chi connectivity index (χ3v) is 9.32. The lowest BCUT2D eigenvalue weighted by Crippen LogP contribution is -2.48.